The summed E-state index contributed by atoms with van der Waals surface area (Å²) in [5.74, 6) is 0.352. The predicted molar refractivity (Wildman–Crippen MR) is 63.9 cm³/mol. The maximum Gasteiger partial charge on any atom is 0.115 e. The highest BCUT2D eigenvalue weighted by molar-refractivity contribution is 5.27. The van der Waals surface area contributed by atoms with Crippen LogP contribution in [0.25, 0.3) is 0 Å². The number of hydrogen-bond acceptors (Lipinski definition) is 2. The van der Waals surface area contributed by atoms with Gasteiger partial charge in [0.25, 0.3) is 0 Å². The summed E-state index contributed by atoms with van der Waals surface area (Å²) >= 11 is 0. The topological polar surface area (TPSA) is 46.2 Å². The number of hydrogen-bond donors (Lipinski definition) is 2. The maximum absolute atomic E-state index is 9.28. The molecule has 1 rings (SSSR count). The van der Waals surface area contributed by atoms with Gasteiger partial charge in [-0.2, -0.15) is 0 Å². The third-order valence-corrected chi connectivity index (χ3v) is 2.61. The molecule has 0 aliphatic carbocycles. The zero-order valence-electron chi connectivity index (χ0n) is 9.45. The second kappa shape index (κ2) is 6.46. The molecule has 0 aromatic heterocycles. The summed E-state index contributed by atoms with van der Waals surface area (Å²) in [6, 6.07) is 7.80. The van der Waals surface area contributed by atoms with Crippen LogP contribution in [-0.4, -0.2) is 11.1 Å². The molecule has 0 saturated heterocycles. The summed E-state index contributed by atoms with van der Waals surface area (Å²) in [4.78, 5) is 0. The highest BCUT2D eigenvalue weighted by Crippen LogP contribution is 2.14. The Morgan fingerprint density at radius 2 is 2.13 bits per heavy atom. The Labute approximate surface area is 92.1 Å². The van der Waals surface area contributed by atoms with E-state index >= 15 is 0 Å². The lowest BCUT2D eigenvalue weighted by atomic mass is 10.0. The zero-order valence-corrected chi connectivity index (χ0v) is 9.45. The van der Waals surface area contributed by atoms with Crippen LogP contribution >= 0.6 is 0 Å². The Kier molecular flexibility index (Phi) is 5.19. The normalized spacial score (nSPS) is 12.7. The molecule has 84 valence electrons. The van der Waals surface area contributed by atoms with E-state index in [4.69, 9.17) is 5.73 Å². The lowest BCUT2D eigenvalue weighted by Crippen LogP contribution is -2.19. The Bertz CT molecular complexity index is 286. The smallest absolute Gasteiger partial charge is 0.115 e. The van der Waals surface area contributed by atoms with Crippen molar-refractivity contribution >= 4 is 0 Å². The lowest BCUT2D eigenvalue weighted by molar-refractivity contribution is 0.474. The molecule has 2 nitrogen and oxygen atoms in total. The molecule has 15 heavy (non-hydrogen) atoms. The van der Waals surface area contributed by atoms with Crippen LogP contribution in [-0.2, 0) is 6.42 Å². The van der Waals surface area contributed by atoms with Gasteiger partial charge in [-0.25, -0.2) is 0 Å². The van der Waals surface area contributed by atoms with Gasteiger partial charge in [0.15, 0.2) is 0 Å². The molecule has 0 fully saturated rings. The van der Waals surface area contributed by atoms with Crippen molar-refractivity contribution in [1.29, 1.82) is 0 Å². The number of phenols is 1. The van der Waals surface area contributed by atoms with E-state index in [9.17, 15) is 5.11 Å². The first kappa shape index (κ1) is 12.1. The van der Waals surface area contributed by atoms with Crippen LogP contribution in [0.3, 0.4) is 0 Å². The van der Waals surface area contributed by atoms with Crippen molar-refractivity contribution in [2.24, 2.45) is 5.73 Å². The fourth-order valence-corrected chi connectivity index (χ4v) is 1.80. The van der Waals surface area contributed by atoms with E-state index in [0.717, 1.165) is 32.1 Å². The standard InChI is InChI=1S/C13H21NO/c1-2-5-12(14)8-3-6-11-7-4-9-13(15)10-11/h4,7,9-10,12,15H,2-3,5-6,8,14H2,1H3. The minimum absolute atomic E-state index is 0.340. The second-order valence-electron chi connectivity index (χ2n) is 4.11. The van der Waals surface area contributed by atoms with Crippen molar-refractivity contribution in [3.05, 3.63) is 29.8 Å². The van der Waals surface area contributed by atoms with Gasteiger partial charge in [-0.1, -0.05) is 25.5 Å². The number of aryl methyl sites for hydroxylation is 1. The van der Waals surface area contributed by atoms with Crippen molar-refractivity contribution in [3.63, 3.8) is 0 Å². The van der Waals surface area contributed by atoms with Crippen LogP contribution in [0, 0.1) is 0 Å². The Morgan fingerprint density at radius 3 is 2.80 bits per heavy atom. The SMILES string of the molecule is CCCC(N)CCCc1cccc(O)c1. The van der Waals surface area contributed by atoms with Crippen molar-refractivity contribution < 1.29 is 5.11 Å². The van der Waals surface area contributed by atoms with Crippen molar-refractivity contribution in [2.45, 2.75) is 45.1 Å². The van der Waals surface area contributed by atoms with E-state index in [1.807, 2.05) is 18.2 Å². The van der Waals surface area contributed by atoms with Gasteiger partial charge >= 0.3 is 0 Å². The molecular formula is C13H21NO. The zero-order chi connectivity index (χ0) is 11.1. The molecule has 0 radical (unpaired) electrons. The monoisotopic (exact) mass is 207 g/mol. The van der Waals surface area contributed by atoms with Crippen LogP contribution in [0.5, 0.6) is 5.75 Å². The molecule has 0 amide bonds. The van der Waals surface area contributed by atoms with Crippen LogP contribution in [0.4, 0.5) is 0 Å². The minimum Gasteiger partial charge on any atom is -0.508 e. The minimum atomic E-state index is 0.340. The molecule has 0 spiro atoms. The fourth-order valence-electron chi connectivity index (χ4n) is 1.80. The Balaban J connectivity index is 2.25. The molecule has 1 aromatic rings. The van der Waals surface area contributed by atoms with E-state index < -0.39 is 0 Å². The summed E-state index contributed by atoms with van der Waals surface area (Å²) in [6.45, 7) is 2.16. The van der Waals surface area contributed by atoms with E-state index in [2.05, 4.69) is 6.92 Å². The van der Waals surface area contributed by atoms with Crippen LogP contribution in [0.2, 0.25) is 0 Å². The van der Waals surface area contributed by atoms with E-state index in [1.54, 1.807) is 6.07 Å². The summed E-state index contributed by atoms with van der Waals surface area (Å²) < 4.78 is 0. The summed E-state index contributed by atoms with van der Waals surface area (Å²) in [5.41, 5.74) is 7.12. The predicted octanol–water partition coefficient (Wildman–Crippen LogP) is 2.84. The molecule has 1 aromatic carbocycles. The summed E-state index contributed by atoms with van der Waals surface area (Å²) in [7, 11) is 0. The number of nitrogens with two attached hydrogens (primary N) is 1. The lowest BCUT2D eigenvalue weighted by Gasteiger charge is -2.09. The third-order valence-electron chi connectivity index (χ3n) is 2.61. The van der Waals surface area contributed by atoms with Gasteiger partial charge in [0.2, 0.25) is 0 Å². The highest BCUT2D eigenvalue weighted by atomic mass is 16.3. The fraction of sp³-hybridized carbons (Fsp3) is 0.538. The highest BCUT2D eigenvalue weighted by Gasteiger charge is 2.01. The maximum atomic E-state index is 9.28. The van der Waals surface area contributed by atoms with Crippen LogP contribution in [0.1, 0.15) is 38.2 Å². The van der Waals surface area contributed by atoms with Gasteiger partial charge < -0.3 is 10.8 Å². The molecule has 1 unspecified atom stereocenters. The van der Waals surface area contributed by atoms with E-state index in [-0.39, 0.29) is 0 Å². The Morgan fingerprint density at radius 1 is 1.33 bits per heavy atom. The van der Waals surface area contributed by atoms with Gasteiger partial charge in [-0.05, 0) is 43.4 Å². The van der Waals surface area contributed by atoms with Crippen molar-refractivity contribution in [1.82, 2.24) is 0 Å². The number of benzene rings is 1. The van der Waals surface area contributed by atoms with Gasteiger partial charge in [0, 0.05) is 6.04 Å². The van der Waals surface area contributed by atoms with Gasteiger partial charge in [-0.15, -0.1) is 0 Å². The van der Waals surface area contributed by atoms with Crippen LogP contribution in [0.15, 0.2) is 24.3 Å². The first-order chi connectivity index (χ1) is 7.22. The van der Waals surface area contributed by atoms with E-state index in [0.29, 0.717) is 11.8 Å². The second-order valence-corrected chi connectivity index (χ2v) is 4.11. The Hall–Kier alpha value is -1.02. The average molecular weight is 207 g/mol. The van der Waals surface area contributed by atoms with Gasteiger partial charge in [0.05, 0.1) is 0 Å². The molecule has 0 heterocycles. The van der Waals surface area contributed by atoms with Crippen molar-refractivity contribution in [3.8, 4) is 5.75 Å². The first-order valence-electron chi connectivity index (χ1n) is 5.76. The summed E-state index contributed by atoms with van der Waals surface area (Å²) in [6.07, 6.45) is 5.45. The van der Waals surface area contributed by atoms with Crippen molar-refractivity contribution in [2.75, 3.05) is 0 Å². The largest absolute Gasteiger partial charge is 0.508 e. The molecule has 3 N–H and O–H groups in total. The molecule has 0 aliphatic rings. The average Bonchev–Trinajstić information content (AvgIpc) is 2.18. The van der Waals surface area contributed by atoms with Gasteiger partial charge in [-0.3, -0.25) is 0 Å². The molecule has 0 aliphatic heterocycles. The summed E-state index contributed by atoms with van der Waals surface area (Å²) in [5, 5.41) is 9.28. The number of rotatable bonds is 6. The molecule has 1 atom stereocenters. The van der Waals surface area contributed by atoms with Gasteiger partial charge in [0.1, 0.15) is 5.75 Å². The molecule has 0 saturated carbocycles. The molecular weight excluding hydrogens is 186 g/mol. The van der Waals surface area contributed by atoms with E-state index in [1.165, 1.54) is 5.56 Å². The van der Waals surface area contributed by atoms with Crippen LogP contribution < -0.4 is 5.73 Å². The molecule has 0 bridgehead atoms. The first-order valence-corrected chi connectivity index (χ1v) is 5.76. The third kappa shape index (κ3) is 4.84. The number of aromatic hydroxyl groups is 1. The quantitative estimate of drug-likeness (QED) is 0.753. The molecule has 2 heteroatoms. The number of phenolic OH excluding ortho intramolecular Hbond substituents is 1.